The van der Waals surface area contributed by atoms with Crippen LogP contribution in [0, 0.1) is 0 Å². The SMILES string of the molecule is CC(C)c1ccc(CN2CCN(Cc3ccc(C(C)C)cc3)C(Cn3ccnc3)C2)cc1. The highest BCUT2D eigenvalue weighted by atomic mass is 15.3. The van der Waals surface area contributed by atoms with Crippen LogP contribution in [0.5, 0.6) is 0 Å². The molecule has 2 heterocycles. The molecule has 1 aromatic heterocycles. The van der Waals surface area contributed by atoms with Crippen LogP contribution in [-0.2, 0) is 19.6 Å². The lowest BCUT2D eigenvalue weighted by Crippen LogP contribution is -2.53. The topological polar surface area (TPSA) is 24.3 Å². The van der Waals surface area contributed by atoms with Gasteiger partial charge in [0.2, 0.25) is 0 Å². The first-order chi connectivity index (χ1) is 15.5. The van der Waals surface area contributed by atoms with E-state index < -0.39 is 0 Å². The van der Waals surface area contributed by atoms with Crippen molar-refractivity contribution in [2.24, 2.45) is 0 Å². The van der Waals surface area contributed by atoms with Crippen molar-refractivity contribution in [3.8, 4) is 0 Å². The molecule has 0 saturated carbocycles. The zero-order valence-corrected chi connectivity index (χ0v) is 20.1. The number of hydrogen-bond donors (Lipinski definition) is 0. The molecule has 3 aromatic rings. The molecule has 1 atom stereocenters. The van der Waals surface area contributed by atoms with Crippen LogP contribution in [0.2, 0.25) is 0 Å². The average molecular weight is 431 g/mol. The second-order valence-corrected chi connectivity index (χ2v) is 9.91. The summed E-state index contributed by atoms with van der Waals surface area (Å²) in [6.45, 7) is 15.3. The highest BCUT2D eigenvalue weighted by Gasteiger charge is 2.27. The highest BCUT2D eigenvalue weighted by molar-refractivity contribution is 5.26. The molecule has 1 aliphatic rings. The van der Waals surface area contributed by atoms with Crippen molar-refractivity contribution in [1.82, 2.24) is 19.4 Å². The van der Waals surface area contributed by atoms with Gasteiger partial charge in [0, 0.05) is 57.7 Å². The molecule has 0 radical (unpaired) electrons. The standard InChI is InChI=1S/C28H38N4/c1-22(2)26-9-5-24(6-10-26)17-30-15-16-32(28(19-30)20-31-14-13-29-21-31)18-25-7-11-27(12-8-25)23(3)4/h5-14,21-23,28H,15-20H2,1-4H3. The van der Waals surface area contributed by atoms with Crippen LogP contribution in [0.15, 0.2) is 67.3 Å². The molecule has 32 heavy (non-hydrogen) atoms. The Hall–Kier alpha value is -2.43. The van der Waals surface area contributed by atoms with Crippen LogP contribution in [0.3, 0.4) is 0 Å². The van der Waals surface area contributed by atoms with E-state index in [9.17, 15) is 0 Å². The van der Waals surface area contributed by atoms with E-state index >= 15 is 0 Å². The number of aromatic nitrogens is 2. The normalized spacial score (nSPS) is 18.0. The third-order valence-electron chi connectivity index (χ3n) is 6.75. The monoisotopic (exact) mass is 430 g/mol. The van der Waals surface area contributed by atoms with E-state index in [2.05, 4.69) is 102 Å². The fourth-order valence-electron chi connectivity index (χ4n) is 4.63. The minimum atomic E-state index is 0.470. The van der Waals surface area contributed by atoms with E-state index in [1.807, 2.05) is 12.5 Å². The van der Waals surface area contributed by atoms with Gasteiger partial charge in [-0.15, -0.1) is 0 Å². The van der Waals surface area contributed by atoms with Gasteiger partial charge >= 0.3 is 0 Å². The van der Waals surface area contributed by atoms with Gasteiger partial charge in [-0.1, -0.05) is 76.2 Å². The van der Waals surface area contributed by atoms with Crippen LogP contribution in [0.1, 0.15) is 61.8 Å². The Morgan fingerprint density at radius 1 is 0.812 bits per heavy atom. The Labute approximate surface area is 193 Å². The molecule has 0 N–H and O–H groups in total. The maximum Gasteiger partial charge on any atom is 0.0946 e. The summed E-state index contributed by atoms with van der Waals surface area (Å²) in [6, 6.07) is 18.9. The van der Waals surface area contributed by atoms with Gasteiger partial charge in [-0.2, -0.15) is 0 Å². The molecule has 1 aliphatic heterocycles. The minimum Gasteiger partial charge on any atom is -0.336 e. The number of nitrogens with zero attached hydrogens (tertiary/aromatic N) is 4. The molecule has 0 spiro atoms. The lowest BCUT2D eigenvalue weighted by molar-refractivity contribution is 0.0549. The zero-order valence-electron chi connectivity index (χ0n) is 20.1. The quantitative estimate of drug-likeness (QED) is 0.470. The molecule has 2 aromatic carbocycles. The van der Waals surface area contributed by atoms with Crippen molar-refractivity contribution in [3.05, 3.63) is 89.5 Å². The lowest BCUT2D eigenvalue weighted by Gasteiger charge is -2.41. The van der Waals surface area contributed by atoms with E-state index in [-0.39, 0.29) is 0 Å². The molecule has 0 aliphatic carbocycles. The molecular weight excluding hydrogens is 392 g/mol. The molecule has 1 saturated heterocycles. The van der Waals surface area contributed by atoms with Gasteiger partial charge in [-0.05, 0) is 34.1 Å². The van der Waals surface area contributed by atoms with E-state index in [1.165, 1.54) is 22.3 Å². The molecule has 1 unspecified atom stereocenters. The van der Waals surface area contributed by atoms with Gasteiger partial charge in [-0.25, -0.2) is 4.98 Å². The molecule has 0 bridgehead atoms. The second kappa shape index (κ2) is 10.5. The third-order valence-corrected chi connectivity index (χ3v) is 6.75. The molecule has 4 heteroatoms. The van der Waals surface area contributed by atoms with Gasteiger partial charge in [0.05, 0.1) is 6.33 Å². The van der Waals surface area contributed by atoms with Gasteiger partial charge in [0.25, 0.3) is 0 Å². The molecule has 4 nitrogen and oxygen atoms in total. The molecule has 0 amide bonds. The minimum absolute atomic E-state index is 0.470. The van der Waals surface area contributed by atoms with Crippen LogP contribution in [0.25, 0.3) is 0 Å². The Bertz CT molecular complexity index is 942. The Kier molecular flexibility index (Phi) is 7.44. The Balaban J connectivity index is 1.43. The van der Waals surface area contributed by atoms with Crippen LogP contribution in [0.4, 0.5) is 0 Å². The maximum atomic E-state index is 4.26. The van der Waals surface area contributed by atoms with Crippen molar-refractivity contribution >= 4 is 0 Å². The summed E-state index contributed by atoms with van der Waals surface area (Å²) in [4.78, 5) is 9.53. The van der Waals surface area contributed by atoms with Gasteiger partial charge in [-0.3, -0.25) is 9.80 Å². The molecular formula is C28H38N4. The van der Waals surface area contributed by atoms with E-state index in [0.717, 1.165) is 39.3 Å². The lowest BCUT2D eigenvalue weighted by atomic mass is 10.0. The smallest absolute Gasteiger partial charge is 0.0946 e. The maximum absolute atomic E-state index is 4.26. The summed E-state index contributed by atoms with van der Waals surface area (Å²) in [5, 5.41) is 0. The molecule has 170 valence electrons. The average Bonchev–Trinajstić information content (AvgIpc) is 3.29. The highest BCUT2D eigenvalue weighted by Crippen LogP contribution is 2.21. The number of rotatable bonds is 8. The third kappa shape index (κ3) is 5.87. The van der Waals surface area contributed by atoms with E-state index in [1.54, 1.807) is 0 Å². The fraction of sp³-hybridized carbons (Fsp3) is 0.464. The Morgan fingerprint density at radius 2 is 1.41 bits per heavy atom. The first-order valence-corrected chi connectivity index (χ1v) is 12.1. The Morgan fingerprint density at radius 3 is 1.94 bits per heavy atom. The van der Waals surface area contributed by atoms with Crippen LogP contribution >= 0.6 is 0 Å². The number of hydrogen-bond acceptors (Lipinski definition) is 3. The predicted molar refractivity (Wildman–Crippen MR) is 133 cm³/mol. The first kappa shape index (κ1) is 22.8. The second-order valence-electron chi connectivity index (χ2n) is 9.91. The van der Waals surface area contributed by atoms with Gasteiger partial charge in [0.15, 0.2) is 0 Å². The summed E-state index contributed by atoms with van der Waals surface area (Å²) < 4.78 is 2.22. The van der Waals surface area contributed by atoms with Crippen LogP contribution < -0.4 is 0 Å². The largest absolute Gasteiger partial charge is 0.336 e. The van der Waals surface area contributed by atoms with Gasteiger partial charge < -0.3 is 4.57 Å². The number of piperazine rings is 1. The predicted octanol–water partition coefficient (Wildman–Crippen LogP) is 5.52. The van der Waals surface area contributed by atoms with E-state index in [0.29, 0.717) is 17.9 Å². The summed E-state index contributed by atoms with van der Waals surface area (Å²) in [5.41, 5.74) is 5.65. The van der Waals surface area contributed by atoms with Gasteiger partial charge in [0.1, 0.15) is 0 Å². The number of imidazole rings is 1. The van der Waals surface area contributed by atoms with Crippen molar-refractivity contribution in [3.63, 3.8) is 0 Å². The summed E-state index contributed by atoms with van der Waals surface area (Å²) >= 11 is 0. The zero-order chi connectivity index (χ0) is 22.5. The van der Waals surface area contributed by atoms with Crippen molar-refractivity contribution < 1.29 is 0 Å². The van der Waals surface area contributed by atoms with Crippen molar-refractivity contribution in [2.45, 2.75) is 65.2 Å². The van der Waals surface area contributed by atoms with Crippen molar-refractivity contribution in [1.29, 1.82) is 0 Å². The first-order valence-electron chi connectivity index (χ1n) is 12.1. The number of benzene rings is 2. The fourth-order valence-corrected chi connectivity index (χ4v) is 4.63. The summed E-state index contributed by atoms with van der Waals surface area (Å²) in [6.07, 6.45) is 5.91. The summed E-state index contributed by atoms with van der Waals surface area (Å²) in [5.74, 6) is 1.16. The van der Waals surface area contributed by atoms with E-state index in [4.69, 9.17) is 0 Å². The summed E-state index contributed by atoms with van der Waals surface area (Å²) in [7, 11) is 0. The molecule has 1 fully saturated rings. The molecule has 4 rings (SSSR count). The van der Waals surface area contributed by atoms with Crippen LogP contribution in [-0.4, -0.2) is 45.0 Å². The van der Waals surface area contributed by atoms with Crippen molar-refractivity contribution in [2.75, 3.05) is 19.6 Å².